The zero-order valence-corrected chi connectivity index (χ0v) is 20.4. The summed E-state index contributed by atoms with van der Waals surface area (Å²) >= 11 is 0. The summed E-state index contributed by atoms with van der Waals surface area (Å²) in [5.74, 6) is 0. The van der Waals surface area contributed by atoms with Crippen LogP contribution in [0, 0.1) is 0 Å². The molecule has 0 unspecified atom stereocenters. The summed E-state index contributed by atoms with van der Waals surface area (Å²) < 4.78 is 3.64. The van der Waals surface area contributed by atoms with Gasteiger partial charge in [0.25, 0.3) is 0 Å². The van der Waals surface area contributed by atoms with Crippen molar-refractivity contribution in [3.8, 4) is 16.8 Å². The number of hydrogen-bond donors (Lipinski definition) is 0. The number of imidazole rings is 1. The third-order valence-corrected chi connectivity index (χ3v) is 7.52. The summed E-state index contributed by atoms with van der Waals surface area (Å²) in [4.78, 5) is 19.4. The van der Waals surface area contributed by atoms with Gasteiger partial charge in [-0.15, -0.1) is 0 Å². The largest absolute Gasteiger partial charge is 0.339 e. The fourth-order valence-corrected chi connectivity index (χ4v) is 5.94. The Hall–Kier alpha value is -5.22. The zero-order valence-electron chi connectivity index (χ0n) is 20.4. The molecule has 0 radical (unpaired) electrons. The first kappa shape index (κ1) is 20.9. The maximum atomic E-state index is 14.5. The number of para-hydroxylation sites is 3. The molecule has 38 heavy (non-hydrogen) atoms. The van der Waals surface area contributed by atoms with Crippen molar-refractivity contribution in [3.05, 3.63) is 138 Å². The Labute approximate surface area is 217 Å². The van der Waals surface area contributed by atoms with Crippen LogP contribution in [-0.4, -0.2) is 14.0 Å². The number of aromatic nitrogens is 3. The van der Waals surface area contributed by atoms with Gasteiger partial charge in [0.05, 0.1) is 22.2 Å². The van der Waals surface area contributed by atoms with Gasteiger partial charge in [-0.1, -0.05) is 103 Å². The molecule has 8 aromatic rings. The molecular formula is C34H21N3O. The van der Waals surface area contributed by atoms with Crippen molar-refractivity contribution in [2.24, 2.45) is 0 Å². The van der Waals surface area contributed by atoms with Gasteiger partial charge in [0.15, 0.2) is 5.65 Å². The molecule has 2 aromatic heterocycles. The van der Waals surface area contributed by atoms with Crippen LogP contribution in [0.15, 0.2) is 132 Å². The fraction of sp³-hybridized carbons (Fsp3) is 0. The first-order valence-corrected chi connectivity index (χ1v) is 12.7. The van der Waals surface area contributed by atoms with E-state index in [-0.39, 0.29) is 5.69 Å². The topological polar surface area (TPSA) is 39.3 Å². The van der Waals surface area contributed by atoms with E-state index in [1.165, 1.54) is 5.56 Å². The highest BCUT2D eigenvalue weighted by Gasteiger charge is 2.21. The van der Waals surface area contributed by atoms with Gasteiger partial charge in [-0.25, -0.2) is 14.2 Å². The Morgan fingerprint density at radius 2 is 1.03 bits per heavy atom. The molecule has 8 rings (SSSR count). The molecule has 0 fully saturated rings. The van der Waals surface area contributed by atoms with E-state index in [4.69, 9.17) is 4.98 Å². The van der Waals surface area contributed by atoms with Gasteiger partial charge < -0.3 is 0 Å². The van der Waals surface area contributed by atoms with E-state index in [1.54, 1.807) is 4.40 Å². The van der Waals surface area contributed by atoms with Crippen LogP contribution in [0.3, 0.4) is 0 Å². The highest BCUT2D eigenvalue weighted by molar-refractivity contribution is 6.18. The first-order chi connectivity index (χ1) is 18.8. The van der Waals surface area contributed by atoms with Crippen molar-refractivity contribution in [2.45, 2.75) is 0 Å². The summed E-state index contributed by atoms with van der Waals surface area (Å²) in [7, 11) is 0. The first-order valence-electron chi connectivity index (χ1n) is 12.7. The van der Waals surface area contributed by atoms with Gasteiger partial charge in [-0.2, -0.15) is 0 Å². The second-order valence-corrected chi connectivity index (χ2v) is 9.58. The maximum absolute atomic E-state index is 14.5. The van der Waals surface area contributed by atoms with Crippen molar-refractivity contribution in [3.63, 3.8) is 0 Å². The molecule has 178 valence electrons. The van der Waals surface area contributed by atoms with E-state index in [1.807, 2.05) is 65.2 Å². The Balaban J connectivity index is 1.65. The van der Waals surface area contributed by atoms with Crippen molar-refractivity contribution in [1.82, 2.24) is 14.0 Å². The van der Waals surface area contributed by atoms with Crippen LogP contribution in [0.2, 0.25) is 0 Å². The average Bonchev–Trinajstić information content (AvgIpc) is 3.38. The molecule has 6 aromatic carbocycles. The molecule has 2 heterocycles. The Morgan fingerprint density at radius 1 is 0.500 bits per heavy atom. The van der Waals surface area contributed by atoms with Crippen molar-refractivity contribution >= 4 is 49.1 Å². The second kappa shape index (κ2) is 7.89. The summed E-state index contributed by atoms with van der Waals surface area (Å²) in [6, 6.07) is 43.2. The van der Waals surface area contributed by atoms with E-state index >= 15 is 0 Å². The smallest absolute Gasteiger partial charge is 0.260 e. The number of nitrogens with zero attached hydrogens (tertiary/aromatic N) is 3. The van der Waals surface area contributed by atoms with E-state index in [0.29, 0.717) is 5.65 Å². The monoisotopic (exact) mass is 487 g/mol. The standard InChI is InChI=1S/C34H21N3O/c38-34-36(29-20-10-8-18-27(29)33-35-28-19-9-11-21-30(28)37(33)34)32-25-16-6-4-14-23(25)31(22-12-2-1-3-13-22)24-15-5-7-17-26(24)32/h1-21H. The highest BCUT2D eigenvalue weighted by atomic mass is 16.1. The van der Waals surface area contributed by atoms with Crippen LogP contribution >= 0.6 is 0 Å². The number of rotatable bonds is 2. The van der Waals surface area contributed by atoms with Crippen LogP contribution in [0.5, 0.6) is 0 Å². The predicted octanol–water partition coefficient (Wildman–Crippen LogP) is 7.77. The molecule has 0 aliphatic heterocycles. The van der Waals surface area contributed by atoms with Gasteiger partial charge >= 0.3 is 5.69 Å². The third kappa shape index (κ3) is 2.80. The predicted molar refractivity (Wildman–Crippen MR) is 156 cm³/mol. The molecule has 0 aliphatic carbocycles. The number of benzene rings is 6. The lowest BCUT2D eigenvalue weighted by atomic mass is 9.90. The van der Waals surface area contributed by atoms with Crippen LogP contribution in [0.1, 0.15) is 0 Å². The highest BCUT2D eigenvalue weighted by Crippen LogP contribution is 2.41. The minimum absolute atomic E-state index is 0.129. The van der Waals surface area contributed by atoms with Crippen LogP contribution in [-0.2, 0) is 0 Å². The van der Waals surface area contributed by atoms with Crippen LogP contribution < -0.4 is 5.69 Å². The van der Waals surface area contributed by atoms with Gasteiger partial charge in [0.2, 0.25) is 0 Å². The molecule has 0 saturated carbocycles. The molecule has 0 aliphatic rings. The Kier molecular flexibility index (Phi) is 4.34. The third-order valence-electron chi connectivity index (χ3n) is 7.52. The molecule has 0 N–H and O–H groups in total. The number of fused-ring (bicyclic) bond motifs is 7. The van der Waals surface area contributed by atoms with Gasteiger partial charge in [0, 0.05) is 16.2 Å². The lowest BCUT2D eigenvalue weighted by Gasteiger charge is -2.20. The van der Waals surface area contributed by atoms with Gasteiger partial charge in [-0.05, 0) is 46.2 Å². The van der Waals surface area contributed by atoms with Crippen molar-refractivity contribution in [1.29, 1.82) is 0 Å². The molecule has 4 nitrogen and oxygen atoms in total. The van der Waals surface area contributed by atoms with E-state index in [9.17, 15) is 4.79 Å². The summed E-state index contributed by atoms with van der Waals surface area (Å²) in [5.41, 5.74) is 6.21. The maximum Gasteiger partial charge on any atom is 0.339 e. The van der Waals surface area contributed by atoms with Gasteiger partial charge in [-0.3, -0.25) is 4.57 Å². The van der Waals surface area contributed by atoms with Crippen LogP contribution in [0.25, 0.3) is 65.9 Å². The minimum atomic E-state index is -0.129. The molecular weight excluding hydrogens is 466 g/mol. The summed E-state index contributed by atoms with van der Waals surface area (Å²) in [5, 5.41) is 5.21. The van der Waals surface area contributed by atoms with Gasteiger partial charge in [0.1, 0.15) is 0 Å². The zero-order chi connectivity index (χ0) is 25.2. The average molecular weight is 488 g/mol. The molecule has 0 bridgehead atoms. The summed E-state index contributed by atoms with van der Waals surface area (Å²) in [6.45, 7) is 0. The molecule has 0 atom stereocenters. The van der Waals surface area contributed by atoms with E-state index in [0.717, 1.165) is 54.7 Å². The Bertz CT molecular complexity index is 2200. The fourth-order valence-electron chi connectivity index (χ4n) is 5.94. The Morgan fingerprint density at radius 3 is 1.71 bits per heavy atom. The lowest BCUT2D eigenvalue weighted by Crippen LogP contribution is -2.26. The molecule has 0 amide bonds. The van der Waals surface area contributed by atoms with Crippen molar-refractivity contribution in [2.75, 3.05) is 0 Å². The number of hydrogen-bond acceptors (Lipinski definition) is 2. The molecule has 0 saturated heterocycles. The lowest BCUT2D eigenvalue weighted by molar-refractivity contribution is 0.943. The molecule has 4 heteroatoms. The van der Waals surface area contributed by atoms with Crippen LogP contribution in [0.4, 0.5) is 0 Å². The second-order valence-electron chi connectivity index (χ2n) is 9.58. The molecule has 0 spiro atoms. The quantitative estimate of drug-likeness (QED) is 0.234. The van der Waals surface area contributed by atoms with E-state index in [2.05, 4.69) is 66.7 Å². The minimum Gasteiger partial charge on any atom is -0.260 e. The van der Waals surface area contributed by atoms with Crippen molar-refractivity contribution < 1.29 is 0 Å². The summed E-state index contributed by atoms with van der Waals surface area (Å²) in [6.07, 6.45) is 0. The van der Waals surface area contributed by atoms with E-state index < -0.39 is 0 Å². The normalized spacial score (nSPS) is 11.8. The SMILES string of the molecule is O=c1n(-c2c3ccccc3c(-c3ccccc3)c3ccccc23)c2ccccc2c2nc3ccccc3n12.